The first-order chi connectivity index (χ1) is 17.2. The van der Waals surface area contributed by atoms with Gasteiger partial charge in [-0.2, -0.15) is 0 Å². The van der Waals surface area contributed by atoms with Crippen LogP contribution < -0.4 is 4.74 Å². The van der Waals surface area contributed by atoms with Crippen molar-refractivity contribution in [3.8, 4) is 17.6 Å². The fraction of sp³-hybridized carbons (Fsp3) is 0.367. The average molecular weight is 468 g/mol. The Morgan fingerprint density at radius 2 is 1.57 bits per heavy atom. The third kappa shape index (κ3) is 5.41. The molecule has 2 aliphatic heterocycles. The maximum absolute atomic E-state index is 10.2. The Hall–Kier alpha value is -3.17. The van der Waals surface area contributed by atoms with E-state index >= 15 is 0 Å². The second kappa shape index (κ2) is 11.0. The molecular formula is C30H33N3O2. The number of aliphatic hydroxyl groups is 1. The molecule has 0 radical (unpaired) electrons. The van der Waals surface area contributed by atoms with Crippen LogP contribution in [0.1, 0.15) is 41.0 Å². The minimum absolute atomic E-state index is 0.192. The highest BCUT2D eigenvalue weighted by atomic mass is 16.5. The van der Waals surface area contributed by atoms with E-state index in [-0.39, 0.29) is 12.6 Å². The van der Waals surface area contributed by atoms with Gasteiger partial charge >= 0.3 is 0 Å². The molecule has 5 rings (SSSR count). The number of aliphatic hydroxyl groups excluding tert-OH is 1. The Balaban J connectivity index is 1.30. The highest BCUT2D eigenvalue weighted by Gasteiger charge is 2.48. The number of fused-ring (bicyclic) bond motifs is 1. The predicted molar refractivity (Wildman–Crippen MR) is 138 cm³/mol. The Morgan fingerprint density at radius 1 is 0.914 bits per heavy atom. The quantitative estimate of drug-likeness (QED) is 0.577. The second-order valence-electron chi connectivity index (χ2n) is 9.48. The van der Waals surface area contributed by atoms with E-state index in [2.05, 4.69) is 63.0 Å². The van der Waals surface area contributed by atoms with Crippen molar-refractivity contribution in [2.45, 2.75) is 37.4 Å². The molecule has 0 unspecified atom stereocenters. The summed E-state index contributed by atoms with van der Waals surface area (Å²) in [6.45, 7) is 4.35. The summed E-state index contributed by atoms with van der Waals surface area (Å²) in [5, 5.41) is 10.2. The number of rotatable bonds is 5. The van der Waals surface area contributed by atoms with Gasteiger partial charge in [-0.15, -0.1) is 0 Å². The lowest BCUT2D eigenvalue weighted by molar-refractivity contribution is -0.0655. The molecule has 0 aliphatic carbocycles. The largest absolute Gasteiger partial charge is 0.497 e. The molecule has 0 spiro atoms. The Kier molecular flexibility index (Phi) is 7.44. The van der Waals surface area contributed by atoms with E-state index in [1.807, 2.05) is 36.7 Å². The van der Waals surface area contributed by atoms with E-state index in [0.29, 0.717) is 12.0 Å². The number of methoxy groups -OCH3 is 1. The molecule has 0 bridgehead atoms. The summed E-state index contributed by atoms with van der Waals surface area (Å²) < 4.78 is 5.22. The van der Waals surface area contributed by atoms with Crippen LogP contribution in [0.3, 0.4) is 0 Å². The van der Waals surface area contributed by atoms with Crippen molar-refractivity contribution >= 4 is 0 Å². The number of hydrogen-bond acceptors (Lipinski definition) is 5. The molecule has 0 saturated carbocycles. The standard InChI is InChI=1S/C30H33N3O2/c1-35-27-12-8-24(9-13-27)5-4-23-6-10-26(11-7-23)30-28-21-32(20-25-14-16-31-17-15-25)18-2-3-19-33(28)29(30)22-34/h6-17,28-30,34H,2-3,18-22H2,1H3/t28-,29-,30-/m1/s1. The van der Waals surface area contributed by atoms with Gasteiger partial charge in [-0.05, 0) is 85.6 Å². The van der Waals surface area contributed by atoms with Gasteiger partial charge in [0.1, 0.15) is 5.75 Å². The molecule has 2 aliphatic rings. The number of benzene rings is 2. The number of ether oxygens (including phenoxy) is 1. The number of hydrogen-bond donors (Lipinski definition) is 1. The zero-order valence-electron chi connectivity index (χ0n) is 20.3. The molecule has 180 valence electrons. The first-order valence-corrected chi connectivity index (χ1v) is 12.5. The van der Waals surface area contributed by atoms with Crippen LogP contribution in [0.4, 0.5) is 0 Å². The van der Waals surface area contributed by atoms with Gasteiger partial charge in [-0.3, -0.25) is 14.8 Å². The summed E-state index contributed by atoms with van der Waals surface area (Å²) in [7, 11) is 1.67. The molecule has 5 heteroatoms. The van der Waals surface area contributed by atoms with Crippen LogP contribution in [0, 0.1) is 11.8 Å². The highest BCUT2D eigenvalue weighted by molar-refractivity contribution is 5.45. The van der Waals surface area contributed by atoms with Crippen molar-refractivity contribution in [3.63, 3.8) is 0 Å². The number of pyridine rings is 1. The minimum Gasteiger partial charge on any atom is -0.497 e. The van der Waals surface area contributed by atoms with Crippen molar-refractivity contribution in [2.75, 3.05) is 33.4 Å². The van der Waals surface area contributed by atoms with Crippen molar-refractivity contribution in [3.05, 3.63) is 95.3 Å². The van der Waals surface area contributed by atoms with Crippen LogP contribution in [-0.4, -0.2) is 65.3 Å². The normalized spacial score (nSPS) is 22.6. The van der Waals surface area contributed by atoms with Crippen LogP contribution in [-0.2, 0) is 6.54 Å². The molecule has 1 aromatic heterocycles. The minimum atomic E-state index is 0.192. The maximum Gasteiger partial charge on any atom is 0.118 e. The van der Waals surface area contributed by atoms with Gasteiger partial charge in [-0.1, -0.05) is 24.0 Å². The monoisotopic (exact) mass is 467 g/mol. The molecule has 0 amide bonds. The van der Waals surface area contributed by atoms with Gasteiger partial charge in [0.2, 0.25) is 0 Å². The average Bonchev–Trinajstić information content (AvgIpc) is 2.89. The van der Waals surface area contributed by atoms with E-state index in [9.17, 15) is 5.11 Å². The lowest BCUT2D eigenvalue weighted by atomic mass is 9.74. The van der Waals surface area contributed by atoms with Crippen molar-refractivity contribution in [1.82, 2.24) is 14.8 Å². The Labute approximate surface area is 208 Å². The van der Waals surface area contributed by atoms with Crippen LogP contribution in [0.5, 0.6) is 5.75 Å². The molecule has 3 aromatic rings. The van der Waals surface area contributed by atoms with Crippen LogP contribution in [0.15, 0.2) is 73.1 Å². The Morgan fingerprint density at radius 3 is 2.23 bits per heavy atom. The molecule has 3 atom stereocenters. The third-order valence-electron chi connectivity index (χ3n) is 7.35. The third-order valence-corrected chi connectivity index (χ3v) is 7.35. The highest BCUT2D eigenvalue weighted by Crippen LogP contribution is 2.42. The molecule has 2 fully saturated rings. The fourth-order valence-corrected chi connectivity index (χ4v) is 5.51. The zero-order chi connectivity index (χ0) is 24.0. The van der Waals surface area contributed by atoms with Crippen LogP contribution >= 0.6 is 0 Å². The van der Waals surface area contributed by atoms with E-state index in [1.54, 1.807) is 7.11 Å². The van der Waals surface area contributed by atoms with Gasteiger partial charge in [0, 0.05) is 54.6 Å². The van der Waals surface area contributed by atoms with Gasteiger partial charge < -0.3 is 9.84 Å². The fourth-order valence-electron chi connectivity index (χ4n) is 5.51. The Bertz CT molecular complexity index is 1150. The summed E-state index contributed by atoms with van der Waals surface area (Å²) in [5.74, 6) is 7.67. The van der Waals surface area contributed by atoms with Crippen LogP contribution in [0.2, 0.25) is 0 Å². The van der Waals surface area contributed by atoms with Gasteiger partial charge in [0.25, 0.3) is 0 Å². The summed E-state index contributed by atoms with van der Waals surface area (Å²) >= 11 is 0. The molecule has 2 aromatic carbocycles. The summed E-state index contributed by atoms with van der Waals surface area (Å²) in [4.78, 5) is 9.26. The van der Waals surface area contributed by atoms with E-state index < -0.39 is 0 Å². The summed E-state index contributed by atoms with van der Waals surface area (Å²) in [6.07, 6.45) is 6.11. The molecule has 35 heavy (non-hydrogen) atoms. The first kappa shape index (κ1) is 23.6. The lowest BCUT2D eigenvalue weighted by Gasteiger charge is -2.57. The van der Waals surface area contributed by atoms with E-state index in [1.165, 1.54) is 24.0 Å². The second-order valence-corrected chi connectivity index (χ2v) is 9.48. The topological polar surface area (TPSA) is 48.8 Å². The zero-order valence-corrected chi connectivity index (χ0v) is 20.3. The molecule has 5 nitrogen and oxygen atoms in total. The van der Waals surface area contributed by atoms with Gasteiger partial charge in [0.15, 0.2) is 0 Å². The maximum atomic E-state index is 10.2. The van der Waals surface area contributed by atoms with Crippen molar-refractivity contribution in [2.24, 2.45) is 0 Å². The van der Waals surface area contributed by atoms with Gasteiger partial charge in [0.05, 0.1) is 13.7 Å². The summed E-state index contributed by atoms with van der Waals surface area (Å²) in [6, 6.07) is 21.3. The predicted octanol–water partition coefficient (Wildman–Crippen LogP) is 3.91. The molecular weight excluding hydrogens is 434 g/mol. The smallest absolute Gasteiger partial charge is 0.118 e. The lowest BCUT2D eigenvalue weighted by Crippen LogP contribution is -2.67. The molecule has 2 saturated heterocycles. The number of nitrogens with zero attached hydrogens (tertiary/aromatic N) is 3. The summed E-state index contributed by atoms with van der Waals surface area (Å²) in [5.41, 5.74) is 4.57. The molecule has 3 heterocycles. The number of aromatic nitrogens is 1. The van der Waals surface area contributed by atoms with E-state index in [0.717, 1.165) is 43.1 Å². The van der Waals surface area contributed by atoms with Crippen molar-refractivity contribution < 1.29 is 9.84 Å². The molecule has 1 N–H and O–H groups in total. The van der Waals surface area contributed by atoms with Gasteiger partial charge in [-0.25, -0.2) is 0 Å². The SMILES string of the molecule is COc1ccc(C#Cc2ccc([C@H]3[C@@H](CO)N4CCCCN(Cc5ccncc5)C[C@H]34)cc2)cc1. The van der Waals surface area contributed by atoms with Crippen molar-refractivity contribution in [1.29, 1.82) is 0 Å². The first-order valence-electron chi connectivity index (χ1n) is 12.5. The van der Waals surface area contributed by atoms with E-state index in [4.69, 9.17) is 4.74 Å². The van der Waals surface area contributed by atoms with Crippen LogP contribution in [0.25, 0.3) is 0 Å².